The number of para-hydroxylation sites is 1. The van der Waals surface area contributed by atoms with E-state index in [9.17, 15) is 4.79 Å². The number of furan rings is 1. The Bertz CT molecular complexity index is 807. The van der Waals surface area contributed by atoms with E-state index in [0.717, 1.165) is 21.2 Å². The molecule has 0 aliphatic carbocycles. The lowest BCUT2D eigenvalue weighted by atomic mass is 10.1. The van der Waals surface area contributed by atoms with Crippen LogP contribution in [0.5, 0.6) is 5.75 Å². The summed E-state index contributed by atoms with van der Waals surface area (Å²) in [6.07, 6.45) is 0. The molecule has 0 bridgehead atoms. The number of fused-ring (bicyclic) bond motifs is 1. The van der Waals surface area contributed by atoms with Crippen molar-refractivity contribution in [3.8, 4) is 5.75 Å². The van der Waals surface area contributed by atoms with E-state index >= 15 is 0 Å². The van der Waals surface area contributed by atoms with Crippen molar-refractivity contribution < 1.29 is 19.1 Å². The number of benzene rings is 2. The van der Waals surface area contributed by atoms with Crippen LogP contribution in [-0.2, 0) is 6.61 Å². The number of carboxylic acid groups (broad SMARTS) is 1. The molecule has 0 atom stereocenters. The molecular formula is C16H11BrO4. The number of hydrogen-bond acceptors (Lipinski definition) is 3. The average Bonchev–Trinajstić information content (AvgIpc) is 2.90. The van der Waals surface area contributed by atoms with Gasteiger partial charge in [0.15, 0.2) is 0 Å². The van der Waals surface area contributed by atoms with Gasteiger partial charge in [0.2, 0.25) is 5.76 Å². The number of carbonyl (C=O) groups is 1. The van der Waals surface area contributed by atoms with Crippen molar-refractivity contribution in [3.63, 3.8) is 0 Å². The van der Waals surface area contributed by atoms with Crippen molar-refractivity contribution in [1.82, 2.24) is 0 Å². The number of halogens is 1. The van der Waals surface area contributed by atoms with Crippen LogP contribution in [0.2, 0.25) is 0 Å². The predicted molar refractivity (Wildman–Crippen MR) is 81.6 cm³/mol. The first-order valence-corrected chi connectivity index (χ1v) is 7.06. The van der Waals surface area contributed by atoms with Gasteiger partial charge in [0.1, 0.15) is 17.9 Å². The zero-order valence-electron chi connectivity index (χ0n) is 10.9. The Balaban J connectivity index is 1.81. The lowest BCUT2D eigenvalue weighted by Gasteiger charge is -2.07. The molecule has 0 spiro atoms. The van der Waals surface area contributed by atoms with Gasteiger partial charge in [-0.1, -0.05) is 18.2 Å². The molecule has 3 rings (SSSR count). The monoisotopic (exact) mass is 346 g/mol. The summed E-state index contributed by atoms with van der Waals surface area (Å²) in [6.45, 7) is 0.395. The topological polar surface area (TPSA) is 59.7 Å². The SMILES string of the molecule is O=C(O)c1cc2cc(COc3ccccc3Br)ccc2o1. The molecule has 3 aromatic rings. The van der Waals surface area contributed by atoms with Gasteiger partial charge in [0, 0.05) is 5.39 Å². The number of carboxylic acids is 1. The summed E-state index contributed by atoms with van der Waals surface area (Å²) in [5, 5.41) is 9.66. The Labute approximate surface area is 129 Å². The first-order chi connectivity index (χ1) is 10.1. The van der Waals surface area contributed by atoms with Gasteiger partial charge < -0.3 is 14.3 Å². The molecule has 0 aliphatic heterocycles. The van der Waals surface area contributed by atoms with Crippen molar-refractivity contribution in [2.24, 2.45) is 0 Å². The van der Waals surface area contributed by atoms with E-state index in [1.807, 2.05) is 36.4 Å². The number of ether oxygens (including phenoxy) is 1. The molecule has 0 radical (unpaired) electrons. The van der Waals surface area contributed by atoms with Crippen LogP contribution >= 0.6 is 15.9 Å². The van der Waals surface area contributed by atoms with Gasteiger partial charge in [-0.25, -0.2) is 4.79 Å². The van der Waals surface area contributed by atoms with Gasteiger partial charge in [0.05, 0.1) is 4.47 Å². The molecule has 2 aromatic carbocycles. The van der Waals surface area contributed by atoms with E-state index in [0.29, 0.717) is 12.2 Å². The van der Waals surface area contributed by atoms with Gasteiger partial charge in [-0.2, -0.15) is 0 Å². The van der Waals surface area contributed by atoms with Crippen LogP contribution in [0, 0.1) is 0 Å². The normalized spacial score (nSPS) is 10.7. The fourth-order valence-corrected chi connectivity index (χ4v) is 2.41. The highest BCUT2D eigenvalue weighted by Gasteiger charge is 2.10. The Hall–Kier alpha value is -2.27. The second-order valence-electron chi connectivity index (χ2n) is 4.51. The quantitative estimate of drug-likeness (QED) is 0.756. The highest BCUT2D eigenvalue weighted by atomic mass is 79.9. The van der Waals surface area contributed by atoms with Crippen LogP contribution in [0.4, 0.5) is 0 Å². The summed E-state index contributed by atoms with van der Waals surface area (Å²) in [5.41, 5.74) is 1.49. The van der Waals surface area contributed by atoms with Crippen molar-refractivity contribution in [2.45, 2.75) is 6.61 Å². The van der Waals surface area contributed by atoms with E-state index in [-0.39, 0.29) is 5.76 Å². The maximum Gasteiger partial charge on any atom is 0.371 e. The molecule has 1 heterocycles. The lowest BCUT2D eigenvalue weighted by Crippen LogP contribution is -1.95. The maximum atomic E-state index is 10.9. The Morgan fingerprint density at radius 2 is 2.00 bits per heavy atom. The summed E-state index contributed by atoms with van der Waals surface area (Å²) in [5.74, 6) is -0.373. The number of aromatic carboxylic acids is 1. The molecule has 5 heteroatoms. The van der Waals surface area contributed by atoms with Gasteiger partial charge >= 0.3 is 5.97 Å². The molecule has 0 unspecified atom stereocenters. The molecule has 1 N–H and O–H groups in total. The fourth-order valence-electron chi connectivity index (χ4n) is 2.01. The van der Waals surface area contributed by atoms with Crippen LogP contribution in [0.15, 0.2) is 57.4 Å². The minimum absolute atomic E-state index is 0.0612. The molecule has 0 fully saturated rings. The van der Waals surface area contributed by atoms with Gasteiger partial charge in [-0.15, -0.1) is 0 Å². The van der Waals surface area contributed by atoms with Crippen molar-refractivity contribution in [2.75, 3.05) is 0 Å². The van der Waals surface area contributed by atoms with Gasteiger partial charge in [0.25, 0.3) is 0 Å². The third-order valence-electron chi connectivity index (χ3n) is 3.02. The third kappa shape index (κ3) is 2.92. The second-order valence-corrected chi connectivity index (χ2v) is 5.36. The summed E-state index contributed by atoms with van der Waals surface area (Å²) in [7, 11) is 0. The molecule has 1 aromatic heterocycles. The lowest BCUT2D eigenvalue weighted by molar-refractivity contribution is 0.0665. The first kappa shape index (κ1) is 13.7. The predicted octanol–water partition coefficient (Wildman–Crippen LogP) is 4.47. The Kier molecular flexibility index (Phi) is 3.66. The maximum absolute atomic E-state index is 10.9. The number of hydrogen-bond donors (Lipinski definition) is 1. The van der Waals surface area contributed by atoms with Crippen LogP contribution in [0.3, 0.4) is 0 Å². The smallest absolute Gasteiger partial charge is 0.371 e. The molecule has 106 valence electrons. The second kappa shape index (κ2) is 5.61. The van der Waals surface area contributed by atoms with E-state index in [4.69, 9.17) is 14.3 Å². The Morgan fingerprint density at radius 3 is 2.76 bits per heavy atom. The molecule has 21 heavy (non-hydrogen) atoms. The third-order valence-corrected chi connectivity index (χ3v) is 3.68. The molecule has 4 nitrogen and oxygen atoms in total. The summed E-state index contributed by atoms with van der Waals surface area (Å²) in [6, 6.07) is 14.6. The van der Waals surface area contributed by atoms with E-state index < -0.39 is 5.97 Å². The summed E-state index contributed by atoms with van der Waals surface area (Å²) < 4.78 is 11.8. The van der Waals surface area contributed by atoms with E-state index in [1.54, 1.807) is 6.07 Å². The van der Waals surface area contributed by atoms with Crippen LogP contribution < -0.4 is 4.74 Å². The highest BCUT2D eigenvalue weighted by molar-refractivity contribution is 9.10. The van der Waals surface area contributed by atoms with Crippen molar-refractivity contribution in [1.29, 1.82) is 0 Å². The van der Waals surface area contributed by atoms with Crippen molar-refractivity contribution in [3.05, 3.63) is 64.3 Å². The standard InChI is InChI=1S/C16H11BrO4/c17-12-3-1-2-4-14(12)20-9-10-5-6-13-11(7-10)8-15(21-13)16(18)19/h1-8H,9H2,(H,18,19). The molecule has 0 saturated heterocycles. The zero-order valence-corrected chi connectivity index (χ0v) is 12.5. The highest BCUT2D eigenvalue weighted by Crippen LogP contribution is 2.26. The summed E-state index contributed by atoms with van der Waals surface area (Å²) in [4.78, 5) is 10.9. The Morgan fingerprint density at radius 1 is 1.19 bits per heavy atom. The minimum Gasteiger partial charge on any atom is -0.488 e. The van der Waals surface area contributed by atoms with E-state index in [2.05, 4.69) is 15.9 Å². The number of rotatable bonds is 4. The van der Waals surface area contributed by atoms with Gasteiger partial charge in [-0.3, -0.25) is 0 Å². The molecular weight excluding hydrogens is 336 g/mol. The first-order valence-electron chi connectivity index (χ1n) is 6.26. The van der Waals surface area contributed by atoms with Crippen LogP contribution in [0.1, 0.15) is 16.1 Å². The average molecular weight is 347 g/mol. The minimum atomic E-state index is -1.07. The fraction of sp³-hybridized carbons (Fsp3) is 0.0625. The molecule has 0 saturated carbocycles. The van der Waals surface area contributed by atoms with Crippen LogP contribution in [-0.4, -0.2) is 11.1 Å². The van der Waals surface area contributed by atoms with Gasteiger partial charge in [-0.05, 0) is 51.8 Å². The van der Waals surface area contributed by atoms with Crippen LogP contribution in [0.25, 0.3) is 11.0 Å². The largest absolute Gasteiger partial charge is 0.488 e. The van der Waals surface area contributed by atoms with Crippen molar-refractivity contribution >= 4 is 32.9 Å². The molecule has 0 amide bonds. The van der Waals surface area contributed by atoms with E-state index in [1.165, 1.54) is 6.07 Å². The molecule has 0 aliphatic rings. The summed E-state index contributed by atoms with van der Waals surface area (Å²) >= 11 is 3.42. The zero-order chi connectivity index (χ0) is 14.8.